The number of halogens is 2. The van der Waals surface area contributed by atoms with Gasteiger partial charge in [-0.15, -0.1) is 0 Å². The summed E-state index contributed by atoms with van der Waals surface area (Å²) < 4.78 is 0. The van der Waals surface area contributed by atoms with Crippen molar-refractivity contribution in [3.05, 3.63) is 69.2 Å². The van der Waals surface area contributed by atoms with Crippen molar-refractivity contribution >= 4 is 23.2 Å². The van der Waals surface area contributed by atoms with Crippen LogP contribution in [0.15, 0.2) is 42.5 Å². The largest absolute Gasteiger partial charge is 0.310 e. The quantitative estimate of drug-likeness (QED) is 0.801. The minimum absolute atomic E-state index is 0.247. The van der Waals surface area contributed by atoms with Gasteiger partial charge in [0.1, 0.15) is 0 Å². The molecule has 0 aliphatic carbocycles. The molecular weight excluding hydrogens is 289 g/mol. The second kappa shape index (κ2) is 7.12. The predicted molar refractivity (Wildman–Crippen MR) is 87.8 cm³/mol. The first kappa shape index (κ1) is 15.4. The van der Waals surface area contributed by atoms with E-state index in [-0.39, 0.29) is 6.04 Å². The first-order valence-electron chi connectivity index (χ1n) is 6.84. The van der Waals surface area contributed by atoms with Crippen molar-refractivity contribution in [2.24, 2.45) is 0 Å². The summed E-state index contributed by atoms with van der Waals surface area (Å²) in [7, 11) is 0. The Morgan fingerprint density at radius 3 is 2.55 bits per heavy atom. The van der Waals surface area contributed by atoms with E-state index in [1.165, 1.54) is 11.1 Å². The van der Waals surface area contributed by atoms with E-state index >= 15 is 0 Å². The number of rotatable bonds is 5. The van der Waals surface area contributed by atoms with Crippen molar-refractivity contribution in [3.8, 4) is 0 Å². The molecule has 0 saturated carbocycles. The van der Waals surface area contributed by atoms with Gasteiger partial charge in [0.25, 0.3) is 0 Å². The maximum absolute atomic E-state index is 6.24. The molecule has 0 spiro atoms. The molecule has 2 aromatic rings. The number of likely N-dealkylation sites (N-methyl/N-ethyl adjacent to an activating group) is 1. The van der Waals surface area contributed by atoms with Crippen molar-refractivity contribution in [1.82, 2.24) is 5.32 Å². The van der Waals surface area contributed by atoms with E-state index in [2.05, 4.69) is 36.5 Å². The van der Waals surface area contributed by atoms with Gasteiger partial charge in [0.15, 0.2) is 0 Å². The van der Waals surface area contributed by atoms with E-state index in [4.69, 9.17) is 23.2 Å². The molecule has 1 atom stereocenters. The Hall–Kier alpha value is -1.02. The van der Waals surface area contributed by atoms with Crippen LogP contribution < -0.4 is 5.32 Å². The van der Waals surface area contributed by atoms with Crippen LogP contribution in [0.1, 0.15) is 29.7 Å². The third-order valence-corrected chi connectivity index (χ3v) is 4.02. The summed E-state index contributed by atoms with van der Waals surface area (Å²) in [4.78, 5) is 0. The van der Waals surface area contributed by atoms with Gasteiger partial charge in [0, 0.05) is 16.1 Å². The Bertz CT molecular complexity index is 581. The van der Waals surface area contributed by atoms with Crippen LogP contribution in [-0.2, 0) is 6.42 Å². The SMILES string of the molecule is CCNC(Cc1cccc(Cl)c1)c1ccc(C)c(Cl)c1. The number of hydrogen-bond donors (Lipinski definition) is 1. The van der Waals surface area contributed by atoms with E-state index in [1.54, 1.807) is 0 Å². The van der Waals surface area contributed by atoms with E-state index in [9.17, 15) is 0 Å². The Morgan fingerprint density at radius 2 is 1.90 bits per heavy atom. The summed E-state index contributed by atoms with van der Waals surface area (Å²) in [6, 6.07) is 14.5. The van der Waals surface area contributed by atoms with Crippen LogP contribution in [0.4, 0.5) is 0 Å². The first-order valence-corrected chi connectivity index (χ1v) is 7.59. The fourth-order valence-electron chi connectivity index (χ4n) is 2.28. The van der Waals surface area contributed by atoms with Crippen LogP contribution in [0.3, 0.4) is 0 Å². The van der Waals surface area contributed by atoms with Gasteiger partial charge in [0.05, 0.1) is 0 Å². The van der Waals surface area contributed by atoms with Crippen LogP contribution in [0.25, 0.3) is 0 Å². The van der Waals surface area contributed by atoms with Gasteiger partial charge >= 0.3 is 0 Å². The molecular formula is C17H19Cl2N. The van der Waals surface area contributed by atoms with Crippen molar-refractivity contribution in [2.45, 2.75) is 26.3 Å². The Morgan fingerprint density at radius 1 is 1.10 bits per heavy atom. The number of hydrogen-bond acceptors (Lipinski definition) is 1. The fraction of sp³-hybridized carbons (Fsp3) is 0.294. The molecule has 1 nitrogen and oxygen atoms in total. The lowest BCUT2D eigenvalue weighted by atomic mass is 9.98. The lowest BCUT2D eigenvalue weighted by Crippen LogP contribution is -2.23. The van der Waals surface area contributed by atoms with Crippen LogP contribution >= 0.6 is 23.2 Å². The molecule has 2 rings (SSSR count). The normalized spacial score (nSPS) is 12.4. The van der Waals surface area contributed by atoms with Crippen molar-refractivity contribution in [2.75, 3.05) is 6.54 Å². The summed E-state index contributed by atoms with van der Waals surface area (Å²) in [6.45, 7) is 5.04. The minimum atomic E-state index is 0.247. The third-order valence-electron chi connectivity index (χ3n) is 3.38. The smallest absolute Gasteiger partial charge is 0.0438 e. The Balaban J connectivity index is 2.24. The first-order chi connectivity index (χ1) is 9.60. The van der Waals surface area contributed by atoms with E-state index < -0.39 is 0 Å². The van der Waals surface area contributed by atoms with Crippen LogP contribution in [0.5, 0.6) is 0 Å². The zero-order valence-corrected chi connectivity index (χ0v) is 13.3. The fourth-order valence-corrected chi connectivity index (χ4v) is 2.68. The highest BCUT2D eigenvalue weighted by Crippen LogP contribution is 2.24. The predicted octanol–water partition coefficient (Wildman–Crippen LogP) is 5.20. The van der Waals surface area contributed by atoms with Crippen LogP contribution in [-0.4, -0.2) is 6.54 Å². The maximum Gasteiger partial charge on any atom is 0.0438 e. The zero-order valence-electron chi connectivity index (χ0n) is 11.8. The molecule has 20 heavy (non-hydrogen) atoms. The summed E-state index contributed by atoms with van der Waals surface area (Å²) in [6.07, 6.45) is 0.897. The lowest BCUT2D eigenvalue weighted by Gasteiger charge is -2.19. The highest BCUT2D eigenvalue weighted by molar-refractivity contribution is 6.31. The third kappa shape index (κ3) is 3.99. The van der Waals surface area contributed by atoms with Gasteiger partial charge in [-0.1, -0.05) is 54.4 Å². The summed E-state index contributed by atoms with van der Waals surface area (Å²) in [5.41, 5.74) is 3.54. The number of benzene rings is 2. The Kier molecular flexibility index (Phi) is 5.47. The van der Waals surface area contributed by atoms with Gasteiger partial charge in [-0.3, -0.25) is 0 Å². The molecule has 0 saturated heterocycles. The van der Waals surface area contributed by atoms with Crippen molar-refractivity contribution in [3.63, 3.8) is 0 Å². The van der Waals surface area contributed by atoms with Crippen LogP contribution in [0, 0.1) is 6.92 Å². The van der Waals surface area contributed by atoms with E-state index in [1.807, 2.05) is 25.1 Å². The molecule has 0 amide bonds. The van der Waals surface area contributed by atoms with Gasteiger partial charge in [-0.25, -0.2) is 0 Å². The average molecular weight is 308 g/mol. The average Bonchev–Trinajstić information content (AvgIpc) is 2.41. The van der Waals surface area contributed by atoms with Crippen molar-refractivity contribution < 1.29 is 0 Å². The van der Waals surface area contributed by atoms with Gasteiger partial charge in [-0.05, 0) is 54.8 Å². The van der Waals surface area contributed by atoms with Crippen molar-refractivity contribution in [1.29, 1.82) is 0 Å². The maximum atomic E-state index is 6.24. The molecule has 1 unspecified atom stereocenters. The van der Waals surface area contributed by atoms with Gasteiger partial charge < -0.3 is 5.32 Å². The molecule has 0 aliphatic heterocycles. The van der Waals surface area contributed by atoms with Crippen LogP contribution in [0.2, 0.25) is 10.0 Å². The second-order valence-electron chi connectivity index (χ2n) is 4.95. The minimum Gasteiger partial charge on any atom is -0.310 e. The molecule has 0 aromatic heterocycles. The topological polar surface area (TPSA) is 12.0 Å². The van der Waals surface area contributed by atoms with E-state index in [0.717, 1.165) is 28.6 Å². The molecule has 0 fully saturated rings. The highest BCUT2D eigenvalue weighted by Gasteiger charge is 2.12. The monoisotopic (exact) mass is 307 g/mol. The Labute approximate surface area is 130 Å². The van der Waals surface area contributed by atoms with Gasteiger partial charge in [0.2, 0.25) is 0 Å². The molecule has 2 aromatic carbocycles. The summed E-state index contributed by atoms with van der Waals surface area (Å²) in [5.74, 6) is 0. The molecule has 0 aliphatic rings. The number of nitrogens with one attached hydrogen (secondary N) is 1. The van der Waals surface area contributed by atoms with E-state index in [0.29, 0.717) is 0 Å². The van der Waals surface area contributed by atoms with Gasteiger partial charge in [-0.2, -0.15) is 0 Å². The molecule has 3 heteroatoms. The molecule has 106 valence electrons. The summed E-state index contributed by atoms with van der Waals surface area (Å²) in [5, 5.41) is 5.11. The molecule has 0 heterocycles. The second-order valence-corrected chi connectivity index (χ2v) is 5.80. The lowest BCUT2D eigenvalue weighted by molar-refractivity contribution is 0.550. The molecule has 1 N–H and O–H groups in total. The molecule has 0 bridgehead atoms. The zero-order chi connectivity index (χ0) is 14.5. The standard InChI is InChI=1S/C17H19Cl2N/c1-3-20-17(10-13-5-4-6-15(18)9-13)14-8-7-12(2)16(19)11-14/h4-9,11,17,20H,3,10H2,1-2H3. The molecule has 0 radical (unpaired) electrons. The highest BCUT2D eigenvalue weighted by atomic mass is 35.5. The summed E-state index contributed by atoms with van der Waals surface area (Å²) >= 11 is 12.3. The number of aryl methyl sites for hydroxylation is 1.